The molecule has 0 aliphatic carbocycles. The van der Waals surface area contributed by atoms with Gasteiger partial charge in [0.15, 0.2) is 0 Å². The summed E-state index contributed by atoms with van der Waals surface area (Å²) in [4.78, 5) is 16.4. The lowest BCUT2D eigenvalue weighted by molar-refractivity contribution is -0.289. The van der Waals surface area contributed by atoms with Crippen LogP contribution in [0.25, 0.3) is 11.1 Å². The van der Waals surface area contributed by atoms with Crippen LogP contribution < -0.4 is 10.6 Å². The topological polar surface area (TPSA) is 54.0 Å². The van der Waals surface area contributed by atoms with Gasteiger partial charge in [0, 0.05) is 23.9 Å². The minimum atomic E-state index is -5.82. The van der Waals surface area contributed by atoms with Gasteiger partial charge >= 0.3 is 12.1 Å². The Balaban J connectivity index is 1.61. The Morgan fingerprint density at radius 3 is 2.47 bits per heavy atom. The average Bonchev–Trinajstić information content (AvgIpc) is 3.28. The fourth-order valence-corrected chi connectivity index (χ4v) is 4.05. The van der Waals surface area contributed by atoms with Crippen LogP contribution in [0.4, 0.5) is 26.3 Å². The van der Waals surface area contributed by atoms with E-state index in [1.807, 2.05) is 0 Å². The van der Waals surface area contributed by atoms with Gasteiger partial charge in [-0.15, -0.1) is 0 Å². The van der Waals surface area contributed by atoms with Gasteiger partial charge in [-0.3, -0.25) is 15.1 Å². The number of benzene rings is 1. The first-order valence-electron chi connectivity index (χ1n) is 9.30. The molecule has 1 aromatic carbocycles. The average molecular weight is 429 g/mol. The van der Waals surface area contributed by atoms with Gasteiger partial charge in [-0.1, -0.05) is 12.1 Å². The summed E-state index contributed by atoms with van der Waals surface area (Å²) < 4.78 is 79.0. The second-order valence-corrected chi connectivity index (χ2v) is 7.56. The number of amides is 1. The van der Waals surface area contributed by atoms with Crippen molar-refractivity contribution in [2.45, 2.75) is 42.9 Å². The summed E-state index contributed by atoms with van der Waals surface area (Å²) in [6.45, 7) is 0.576. The summed E-state index contributed by atoms with van der Waals surface area (Å²) >= 11 is 0. The molecule has 0 unspecified atom stereocenters. The molecule has 2 saturated heterocycles. The van der Waals surface area contributed by atoms with Gasteiger partial charge in [-0.05, 0) is 43.0 Å². The number of halogens is 6. The van der Waals surface area contributed by atoms with Gasteiger partial charge in [0.2, 0.25) is 5.91 Å². The van der Waals surface area contributed by atoms with E-state index in [2.05, 4.69) is 15.6 Å². The van der Waals surface area contributed by atoms with Gasteiger partial charge < -0.3 is 5.32 Å². The Morgan fingerprint density at radius 1 is 1.07 bits per heavy atom. The number of rotatable bonds is 3. The van der Waals surface area contributed by atoms with Crippen molar-refractivity contribution in [3.63, 3.8) is 0 Å². The number of nitrogens with one attached hydrogen (secondary N) is 2. The number of hydrogen-bond acceptors (Lipinski definition) is 3. The van der Waals surface area contributed by atoms with Gasteiger partial charge in [0.05, 0.1) is 11.7 Å². The summed E-state index contributed by atoms with van der Waals surface area (Å²) in [5, 5.41) is 6.06. The van der Waals surface area contributed by atoms with Crippen molar-refractivity contribution in [2.24, 2.45) is 0 Å². The van der Waals surface area contributed by atoms with E-state index in [0.717, 1.165) is 6.07 Å². The molecular weight excluding hydrogens is 412 g/mol. The predicted octanol–water partition coefficient (Wildman–Crippen LogP) is 4.23. The van der Waals surface area contributed by atoms with Crippen LogP contribution in [0.1, 0.15) is 36.6 Å². The molecular formula is C20H17F6N3O. The second-order valence-electron chi connectivity index (χ2n) is 7.56. The van der Waals surface area contributed by atoms with E-state index >= 15 is 0 Å². The maximum Gasteiger partial charge on any atom is 0.458 e. The molecule has 0 radical (unpaired) electrons. The second kappa shape index (κ2) is 6.97. The summed E-state index contributed by atoms with van der Waals surface area (Å²) in [7, 11) is 0. The quantitative estimate of drug-likeness (QED) is 0.719. The molecule has 2 fully saturated rings. The summed E-state index contributed by atoms with van der Waals surface area (Å²) in [6, 6.07) is 4.40. The smallest absolute Gasteiger partial charge is 0.354 e. The van der Waals surface area contributed by atoms with Crippen molar-refractivity contribution in [1.82, 2.24) is 15.6 Å². The van der Waals surface area contributed by atoms with E-state index in [4.69, 9.17) is 0 Å². The van der Waals surface area contributed by atoms with E-state index in [-0.39, 0.29) is 29.1 Å². The highest BCUT2D eigenvalue weighted by molar-refractivity contribution is 5.88. The minimum absolute atomic E-state index is 0.0756. The van der Waals surface area contributed by atoms with Gasteiger partial charge in [0.1, 0.15) is 11.4 Å². The molecule has 2 aromatic rings. The summed E-state index contributed by atoms with van der Waals surface area (Å²) in [6.07, 6.45) is -2.52. The first kappa shape index (κ1) is 20.6. The highest BCUT2D eigenvalue weighted by Crippen LogP contribution is 2.44. The van der Waals surface area contributed by atoms with E-state index in [1.54, 1.807) is 6.07 Å². The van der Waals surface area contributed by atoms with Crippen molar-refractivity contribution >= 4 is 5.91 Å². The highest BCUT2D eigenvalue weighted by atomic mass is 19.4. The van der Waals surface area contributed by atoms with Crippen LogP contribution in [0.3, 0.4) is 0 Å². The first-order valence-corrected chi connectivity index (χ1v) is 9.30. The van der Waals surface area contributed by atoms with Crippen molar-refractivity contribution in [3.8, 4) is 11.1 Å². The fraction of sp³-hybridized carbons (Fsp3) is 0.400. The third-order valence-corrected chi connectivity index (χ3v) is 5.72. The molecule has 30 heavy (non-hydrogen) atoms. The van der Waals surface area contributed by atoms with Crippen LogP contribution in [0.5, 0.6) is 0 Å². The zero-order chi connectivity index (χ0) is 21.7. The lowest BCUT2D eigenvalue weighted by Gasteiger charge is -2.22. The number of carbonyl (C=O) groups excluding carboxylic acids is 1. The molecule has 2 atom stereocenters. The molecule has 4 nitrogen and oxygen atoms in total. The number of alkyl halides is 5. The summed E-state index contributed by atoms with van der Waals surface area (Å²) in [5.41, 5.74) is -1.41. The van der Waals surface area contributed by atoms with Gasteiger partial charge in [0.25, 0.3) is 0 Å². The molecule has 1 spiro atoms. The number of nitrogens with zero attached hydrogens (tertiary/aromatic N) is 1. The normalized spacial score (nSPS) is 24.5. The number of aromatic nitrogens is 1. The van der Waals surface area contributed by atoms with Crippen LogP contribution >= 0.6 is 0 Å². The Bertz CT molecular complexity index is 993. The van der Waals surface area contributed by atoms with E-state index in [1.165, 1.54) is 12.3 Å². The molecule has 4 rings (SSSR count). The minimum Gasteiger partial charge on any atom is -0.354 e. The third kappa shape index (κ3) is 3.32. The molecule has 2 N–H and O–H groups in total. The molecule has 2 aliphatic heterocycles. The third-order valence-electron chi connectivity index (χ3n) is 5.72. The largest absolute Gasteiger partial charge is 0.458 e. The molecule has 10 heteroatoms. The monoisotopic (exact) mass is 429 g/mol. The standard InChI is InChI=1S/C20H17F6N3O/c21-14-10-12(19(22,23)20(24,25)26)1-2-13(14)11-4-7-27-16(9-11)15-3-5-18(29-15)6-8-28-17(18)30/h1-2,4,7,9-10,15,29H,3,5-6,8H2,(H,28,30)/t15-,18-/m0/s1. The van der Waals surface area contributed by atoms with Crippen LogP contribution in [-0.2, 0) is 10.7 Å². The van der Waals surface area contributed by atoms with Crippen LogP contribution in [0.2, 0.25) is 0 Å². The zero-order valence-corrected chi connectivity index (χ0v) is 15.5. The van der Waals surface area contributed by atoms with Crippen molar-refractivity contribution in [2.75, 3.05) is 6.54 Å². The number of hydrogen-bond donors (Lipinski definition) is 2. The van der Waals surface area contributed by atoms with Crippen LogP contribution in [-0.4, -0.2) is 29.2 Å². The highest BCUT2D eigenvalue weighted by Gasteiger charge is 2.58. The van der Waals surface area contributed by atoms with Gasteiger partial charge in [-0.2, -0.15) is 22.0 Å². The Labute approximate surface area is 167 Å². The zero-order valence-electron chi connectivity index (χ0n) is 15.5. The molecule has 2 aliphatic rings. The lowest BCUT2D eigenvalue weighted by atomic mass is 9.96. The number of carbonyl (C=O) groups is 1. The van der Waals surface area contributed by atoms with E-state index < -0.39 is 29.0 Å². The van der Waals surface area contributed by atoms with E-state index in [0.29, 0.717) is 37.6 Å². The van der Waals surface area contributed by atoms with Crippen molar-refractivity contribution < 1.29 is 31.1 Å². The first-order chi connectivity index (χ1) is 14.0. The predicted molar refractivity (Wildman–Crippen MR) is 95.0 cm³/mol. The van der Waals surface area contributed by atoms with Crippen LogP contribution in [0.15, 0.2) is 36.5 Å². The van der Waals surface area contributed by atoms with Gasteiger partial charge in [-0.25, -0.2) is 4.39 Å². The maximum atomic E-state index is 14.5. The maximum absolute atomic E-state index is 14.5. The number of pyridine rings is 1. The molecule has 0 bridgehead atoms. The molecule has 1 aromatic heterocycles. The Hall–Kier alpha value is -2.62. The van der Waals surface area contributed by atoms with E-state index in [9.17, 15) is 31.1 Å². The Morgan fingerprint density at radius 2 is 1.83 bits per heavy atom. The fourth-order valence-electron chi connectivity index (χ4n) is 4.05. The molecule has 3 heterocycles. The molecule has 160 valence electrons. The lowest BCUT2D eigenvalue weighted by Crippen LogP contribution is -2.47. The van der Waals surface area contributed by atoms with Crippen molar-refractivity contribution in [1.29, 1.82) is 0 Å². The molecule has 1 amide bonds. The van der Waals surface area contributed by atoms with Crippen molar-refractivity contribution in [3.05, 3.63) is 53.6 Å². The molecule has 0 saturated carbocycles. The van der Waals surface area contributed by atoms with Crippen LogP contribution in [0, 0.1) is 5.82 Å². The Kier molecular flexibility index (Phi) is 4.80. The summed E-state index contributed by atoms with van der Waals surface area (Å²) in [5.74, 6) is -6.42. The SMILES string of the molecule is O=C1NCC[C@@]12CC[C@@H](c1cc(-c3ccc(C(F)(F)C(F)(F)F)cc3F)ccn1)N2.